The zero-order valence-corrected chi connectivity index (χ0v) is 19.4. The normalized spacial score (nSPS) is 10.7. The Morgan fingerprint density at radius 3 is 2.65 bits per heavy atom. The van der Waals surface area contributed by atoms with Gasteiger partial charge in [-0.2, -0.15) is 0 Å². The Morgan fingerprint density at radius 2 is 1.94 bits per heavy atom. The van der Waals surface area contributed by atoms with E-state index in [-0.39, 0.29) is 24.9 Å². The number of nitrogens with one attached hydrogen (secondary N) is 1. The molecule has 0 spiro atoms. The predicted molar refractivity (Wildman–Crippen MR) is 121 cm³/mol. The molecule has 1 amide bonds. The number of thioether (sulfide) groups is 1. The van der Waals surface area contributed by atoms with Gasteiger partial charge >= 0.3 is 5.97 Å². The van der Waals surface area contributed by atoms with E-state index in [1.807, 2.05) is 45.2 Å². The molecule has 0 aliphatic heterocycles. The summed E-state index contributed by atoms with van der Waals surface area (Å²) in [5, 5.41) is 12.2. The number of nitrogens with zero attached hydrogens (tertiary/aromatic N) is 3. The maximum Gasteiger partial charge on any atom is 0.341 e. The topological polar surface area (TPSA) is 95.3 Å². The lowest BCUT2D eigenvalue weighted by Crippen LogP contribution is -2.16. The van der Waals surface area contributed by atoms with Crippen molar-refractivity contribution in [1.82, 2.24) is 14.8 Å². The van der Waals surface area contributed by atoms with E-state index in [9.17, 15) is 9.59 Å². The molecule has 8 nitrogen and oxygen atoms in total. The lowest BCUT2D eigenvalue weighted by molar-refractivity contribution is -0.113. The fourth-order valence-corrected chi connectivity index (χ4v) is 4.28. The Balaban J connectivity index is 1.55. The van der Waals surface area contributed by atoms with Crippen molar-refractivity contribution in [2.75, 3.05) is 17.7 Å². The quantitative estimate of drug-likeness (QED) is 0.381. The second-order valence-electron chi connectivity index (χ2n) is 6.72. The van der Waals surface area contributed by atoms with Crippen LogP contribution in [-0.4, -0.2) is 39.0 Å². The minimum absolute atomic E-state index is 0.129. The van der Waals surface area contributed by atoms with Crippen LogP contribution in [-0.2, 0) is 23.2 Å². The lowest BCUT2D eigenvalue weighted by atomic mass is 10.2. The molecule has 0 fully saturated rings. The molecule has 0 radical (unpaired) electrons. The highest BCUT2D eigenvalue weighted by molar-refractivity contribution is 7.99. The number of benzene rings is 1. The number of thiophene rings is 1. The van der Waals surface area contributed by atoms with Crippen molar-refractivity contribution >= 4 is 40.0 Å². The van der Waals surface area contributed by atoms with E-state index in [1.165, 1.54) is 23.1 Å². The number of esters is 1. The molecule has 1 aromatic carbocycles. The van der Waals surface area contributed by atoms with Crippen LogP contribution in [0.25, 0.3) is 0 Å². The second-order valence-corrected chi connectivity index (χ2v) is 8.92. The molecule has 0 atom stereocenters. The molecule has 3 rings (SSSR count). The van der Waals surface area contributed by atoms with Crippen LogP contribution in [0, 0.1) is 13.8 Å². The van der Waals surface area contributed by atoms with Crippen LogP contribution in [0.4, 0.5) is 5.00 Å². The van der Waals surface area contributed by atoms with E-state index in [2.05, 4.69) is 15.5 Å². The Kier molecular flexibility index (Phi) is 7.69. The van der Waals surface area contributed by atoms with E-state index in [0.717, 1.165) is 16.2 Å². The summed E-state index contributed by atoms with van der Waals surface area (Å²) in [6.07, 6.45) is 0. The molecule has 2 heterocycles. The molecule has 2 aromatic heterocycles. The van der Waals surface area contributed by atoms with Crippen LogP contribution < -0.4 is 10.1 Å². The zero-order valence-electron chi connectivity index (χ0n) is 17.8. The molecular formula is C21H24N4O4S2. The van der Waals surface area contributed by atoms with Gasteiger partial charge in [0.25, 0.3) is 0 Å². The molecule has 164 valence electrons. The summed E-state index contributed by atoms with van der Waals surface area (Å²) in [6, 6.07) is 9.49. The number of aryl methyl sites for hydroxylation is 2. The first-order valence-electron chi connectivity index (χ1n) is 9.65. The Hall–Kier alpha value is -2.85. The van der Waals surface area contributed by atoms with Gasteiger partial charge in [0.2, 0.25) is 5.91 Å². The van der Waals surface area contributed by atoms with Gasteiger partial charge in [0.1, 0.15) is 17.4 Å². The van der Waals surface area contributed by atoms with Gasteiger partial charge in [0.15, 0.2) is 11.0 Å². The number of anilines is 1. The van der Waals surface area contributed by atoms with Crippen molar-refractivity contribution in [2.24, 2.45) is 7.05 Å². The van der Waals surface area contributed by atoms with Gasteiger partial charge in [-0.25, -0.2) is 4.79 Å². The van der Waals surface area contributed by atoms with Crippen LogP contribution >= 0.6 is 23.1 Å². The second kappa shape index (κ2) is 10.5. The lowest BCUT2D eigenvalue weighted by Gasteiger charge is -2.07. The van der Waals surface area contributed by atoms with Crippen molar-refractivity contribution < 1.29 is 19.1 Å². The number of hydrogen-bond acceptors (Lipinski definition) is 8. The standard InChI is InChI=1S/C21H24N4O4S2/c1-5-28-20(27)16-10-14(3)31-19(16)22-18(26)12-30-21-24-23-17(25(21)4)11-29-15-8-6-13(2)7-9-15/h6-10H,5,11-12H2,1-4H3,(H,22,26). The van der Waals surface area contributed by atoms with Gasteiger partial charge < -0.3 is 19.4 Å². The van der Waals surface area contributed by atoms with Crippen LogP contribution in [0.1, 0.15) is 33.5 Å². The molecule has 0 saturated heterocycles. The molecule has 31 heavy (non-hydrogen) atoms. The van der Waals surface area contributed by atoms with Crippen molar-refractivity contribution in [3.05, 3.63) is 52.2 Å². The first kappa shape index (κ1) is 22.8. The Bertz CT molecular complexity index is 1060. The number of carbonyl (C=O) groups is 2. The van der Waals surface area contributed by atoms with Crippen molar-refractivity contribution in [2.45, 2.75) is 32.5 Å². The van der Waals surface area contributed by atoms with E-state index >= 15 is 0 Å². The highest BCUT2D eigenvalue weighted by atomic mass is 32.2. The zero-order chi connectivity index (χ0) is 22.4. The minimum Gasteiger partial charge on any atom is -0.486 e. The van der Waals surface area contributed by atoms with Crippen molar-refractivity contribution in [3.63, 3.8) is 0 Å². The predicted octanol–water partition coefficient (Wildman–Crippen LogP) is 3.98. The monoisotopic (exact) mass is 460 g/mol. The van der Waals surface area contributed by atoms with E-state index < -0.39 is 5.97 Å². The molecule has 0 unspecified atom stereocenters. The first-order valence-corrected chi connectivity index (χ1v) is 11.5. The summed E-state index contributed by atoms with van der Waals surface area (Å²) in [6.45, 7) is 6.18. The SMILES string of the molecule is CCOC(=O)c1cc(C)sc1NC(=O)CSc1nnc(COc2ccc(C)cc2)n1C. The molecule has 10 heteroatoms. The average molecular weight is 461 g/mol. The minimum atomic E-state index is -0.443. The Labute approximate surface area is 189 Å². The number of rotatable bonds is 9. The Morgan fingerprint density at radius 1 is 1.19 bits per heavy atom. The molecule has 3 aromatic rings. The first-order chi connectivity index (χ1) is 14.9. The summed E-state index contributed by atoms with van der Waals surface area (Å²) in [7, 11) is 1.83. The maximum absolute atomic E-state index is 12.4. The van der Waals surface area contributed by atoms with E-state index in [4.69, 9.17) is 9.47 Å². The average Bonchev–Trinajstić information content (AvgIpc) is 3.28. The third kappa shape index (κ3) is 6.08. The van der Waals surface area contributed by atoms with Crippen LogP contribution in [0.2, 0.25) is 0 Å². The van der Waals surface area contributed by atoms with Crippen LogP contribution in [0.15, 0.2) is 35.5 Å². The highest BCUT2D eigenvalue weighted by Crippen LogP contribution is 2.29. The smallest absolute Gasteiger partial charge is 0.341 e. The van der Waals surface area contributed by atoms with E-state index in [1.54, 1.807) is 17.6 Å². The number of ether oxygens (including phenoxy) is 2. The van der Waals surface area contributed by atoms with Gasteiger partial charge in [0.05, 0.1) is 17.9 Å². The van der Waals surface area contributed by atoms with Crippen LogP contribution in [0.3, 0.4) is 0 Å². The summed E-state index contributed by atoms with van der Waals surface area (Å²) in [5.41, 5.74) is 1.53. The van der Waals surface area contributed by atoms with Crippen LogP contribution in [0.5, 0.6) is 5.75 Å². The number of hydrogen-bond donors (Lipinski definition) is 1. The third-order valence-electron chi connectivity index (χ3n) is 4.25. The summed E-state index contributed by atoms with van der Waals surface area (Å²) in [5.74, 6) is 0.858. The van der Waals surface area contributed by atoms with Gasteiger partial charge in [0, 0.05) is 11.9 Å². The molecular weight excluding hydrogens is 436 g/mol. The highest BCUT2D eigenvalue weighted by Gasteiger charge is 2.19. The summed E-state index contributed by atoms with van der Waals surface area (Å²) >= 11 is 2.60. The molecule has 0 bridgehead atoms. The van der Waals surface area contributed by atoms with E-state index in [0.29, 0.717) is 21.5 Å². The van der Waals surface area contributed by atoms with Gasteiger partial charge in [-0.05, 0) is 39.0 Å². The molecule has 1 N–H and O–H groups in total. The van der Waals surface area contributed by atoms with Crippen molar-refractivity contribution in [3.8, 4) is 5.75 Å². The third-order valence-corrected chi connectivity index (χ3v) is 6.24. The molecule has 0 aliphatic carbocycles. The molecule has 0 aliphatic rings. The number of carbonyl (C=O) groups excluding carboxylic acids is 2. The summed E-state index contributed by atoms with van der Waals surface area (Å²) in [4.78, 5) is 25.4. The maximum atomic E-state index is 12.4. The largest absolute Gasteiger partial charge is 0.486 e. The van der Waals surface area contributed by atoms with Gasteiger partial charge in [-0.3, -0.25) is 4.79 Å². The fraction of sp³-hybridized carbons (Fsp3) is 0.333. The van der Waals surface area contributed by atoms with Gasteiger partial charge in [-0.1, -0.05) is 29.5 Å². The molecule has 0 saturated carbocycles. The van der Waals surface area contributed by atoms with Gasteiger partial charge in [-0.15, -0.1) is 21.5 Å². The summed E-state index contributed by atoms with van der Waals surface area (Å²) < 4.78 is 12.6. The van der Waals surface area contributed by atoms with Crippen molar-refractivity contribution in [1.29, 1.82) is 0 Å². The number of amides is 1. The number of aromatic nitrogens is 3. The fourth-order valence-electron chi connectivity index (χ4n) is 2.64.